The van der Waals surface area contributed by atoms with Crippen LogP contribution in [0.5, 0.6) is 5.75 Å². The number of hydrogen-bond acceptors (Lipinski definition) is 3. The molecule has 0 amide bonds. The Morgan fingerprint density at radius 2 is 1.75 bits per heavy atom. The number of alkyl halides is 3. The molecule has 1 saturated carbocycles. The topological polar surface area (TPSA) is 49.1 Å². The highest BCUT2D eigenvalue weighted by atomic mass is 19.4. The molecule has 0 unspecified atom stereocenters. The molecule has 0 spiro atoms. The lowest BCUT2D eigenvalue weighted by Crippen LogP contribution is -2.41. The second kappa shape index (κ2) is 7.46. The number of benzene rings is 2. The Morgan fingerprint density at radius 3 is 2.44 bits per heavy atom. The van der Waals surface area contributed by atoms with Gasteiger partial charge in [-0.15, -0.1) is 0 Å². The second-order valence-electron chi connectivity index (χ2n) is 8.16. The van der Waals surface area contributed by atoms with E-state index in [1.54, 1.807) is 0 Å². The standard InChI is InChI=1S/C22H18F5N3O2/c23-14-6-12(7-15(24)9-14)19-4-5-20-28-30(21(31)29(19)20)16-10-18(11-16)32-17-3-1-2-13(8-17)22(25,26)27/h1-3,6-9,16,18-19H,4-5,10-11H2/t16?,18?,19-/m0/s1. The maximum atomic E-state index is 13.6. The molecule has 0 bridgehead atoms. The predicted octanol–water partition coefficient (Wildman–Crippen LogP) is 4.66. The Hall–Kier alpha value is -3.17. The van der Waals surface area contributed by atoms with Crippen molar-refractivity contribution in [3.8, 4) is 5.75 Å². The van der Waals surface area contributed by atoms with Gasteiger partial charge < -0.3 is 4.74 Å². The van der Waals surface area contributed by atoms with Crippen molar-refractivity contribution in [3.05, 3.63) is 81.5 Å². The zero-order valence-corrected chi connectivity index (χ0v) is 16.6. The number of nitrogens with zero attached hydrogens (tertiary/aromatic N) is 3. The number of ether oxygens (including phenoxy) is 1. The van der Waals surface area contributed by atoms with Crippen molar-refractivity contribution in [1.82, 2.24) is 14.3 Å². The van der Waals surface area contributed by atoms with Gasteiger partial charge in [-0.05, 0) is 42.3 Å². The molecule has 0 saturated heterocycles. The number of aromatic nitrogens is 3. The van der Waals surface area contributed by atoms with Crippen LogP contribution < -0.4 is 10.4 Å². The van der Waals surface area contributed by atoms with E-state index in [1.807, 2.05) is 0 Å². The van der Waals surface area contributed by atoms with Gasteiger partial charge in [0.15, 0.2) is 0 Å². The van der Waals surface area contributed by atoms with Crippen LogP contribution in [-0.4, -0.2) is 20.5 Å². The SMILES string of the molecule is O=c1n(C2CC(Oc3cccc(C(F)(F)F)c3)C2)nc2n1[C@H](c1cc(F)cc(F)c1)CC2. The smallest absolute Gasteiger partial charge is 0.416 e. The third kappa shape index (κ3) is 3.67. The Bertz CT molecular complexity index is 1210. The lowest BCUT2D eigenvalue weighted by atomic mass is 9.89. The lowest BCUT2D eigenvalue weighted by molar-refractivity contribution is -0.137. The molecular formula is C22H18F5N3O2. The molecular weight excluding hydrogens is 433 g/mol. The van der Waals surface area contributed by atoms with E-state index in [0.29, 0.717) is 37.1 Å². The first kappa shape index (κ1) is 20.7. The molecule has 5 nitrogen and oxygen atoms in total. The molecule has 1 aliphatic heterocycles. The quantitative estimate of drug-likeness (QED) is 0.543. The number of halogens is 5. The van der Waals surface area contributed by atoms with Gasteiger partial charge >= 0.3 is 11.9 Å². The monoisotopic (exact) mass is 451 g/mol. The van der Waals surface area contributed by atoms with Crippen molar-refractivity contribution in [1.29, 1.82) is 0 Å². The summed E-state index contributed by atoms with van der Waals surface area (Å²) in [5, 5.41) is 4.40. The highest BCUT2D eigenvalue weighted by molar-refractivity contribution is 5.30. The first-order chi connectivity index (χ1) is 15.2. The summed E-state index contributed by atoms with van der Waals surface area (Å²) in [5.41, 5.74) is -0.774. The summed E-state index contributed by atoms with van der Waals surface area (Å²) in [6, 6.07) is 7.15. The molecule has 1 fully saturated rings. The van der Waals surface area contributed by atoms with Gasteiger partial charge in [-0.25, -0.2) is 18.3 Å². The Morgan fingerprint density at radius 1 is 1.03 bits per heavy atom. The van der Waals surface area contributed by atoms with Crippen molar-refractivity contribution in [2.75, 3.05) is 0 Å². The van der Waals surface area contributed by atoms with Gasteiger partial charge in [-0.3, -0.25) is 4.57 Å². The van der Waals surface area contributed by atoms with Crippen LogP contribution in [0.2, 0.25) is 0 Å². The predicted molar refractivity (Wildman–Crippen MR) is 103 cm³/mol. The fraction of sp³-hybridized carbons (Fsp3) is 0.364. The Balaban J connectivity index is 1.30. The second-order valence-corrected chi connectivity index (χ2v) is 8.16. The normalized spacial score (nSPS) is 22.5. The molecule has 168 valence electrons. The van der Waals surface area contributed by atoms with E-state index < -0.39 is 29.4 Å². The van der Waals surface area contributed by atoms with Gasteiger partial charge in [0, 0.05) is 25.3 Å². The molecule has 1 aliphatic carbocycles. The molecule has 2 aliphatic rings. The zero-order valence-electron chi connectivity index (χ0n) is 16.6. The van der Waals surface area contributed by atoms with E-state index >= 15 is 0 Å². The van der Waals surface area contributed by atoms with Crippen molar-refractivity contribution in [3.63, 3.8) is 0 Å². The third-order valence-electron chi connectivity index (χ3n) is 6.01. The molecule has 1 atom stereocenters. The van der Waals surface area contributed by atoms with Crippen LogP contribution in [0.25, 0.3) is 0 Å². The van der Waals surface area contributed by atoms with Crippen molar-refractivity contribution >= 4 is 0 Å². The van der Waals surface area contributed by atoms with Gasteiger partial charge in [0.05, 0.1) is 17.6 Å². The minimum Gasteiger partial charge on any atom is -0.490 e. The van der Waals surface area contributed by atoms with Crippen molar-refractivity contribution in [2.24, 2.45) is 0 Å². The highest BCUT2D eigenvalue weighted by Gasteiger charge is 2.38. The van der Waals surface area contributed by atoms with Crippen LogP contribution in [-0.2, 0) is 12.6 Å². The molecule has 0 radical (unpaired) electrons. The maximum absolute atomic E-state index is 13.6. The maximum Gasteiger partial charge on any atom is 0.416 e. The summed E-state index contributed by atoms with van der Waals surface area (Å²) >= 11 is 0. The van der Waals surface area contributed by atoms with E-state index in [-0.39, 0.29) is 23.6 Å². The summed E-state index contributed by atoms with van der Waals surface area (Å²) < 4.78 is 74.3. The van der Waals surface area contributed by atoms with Crippen LogP contribution in [0.4, 0.5) is 22.0 Å². The molecule has 0 N–H and O–H groups in total. The Labute approximate surface area is 179 Å². The number of rotatable bonds is 4. The minimum atomic E-state index is -4.45. The first-order valence-electron chi connectivity index (χ1n) is 10.2. The van der Waals surface area contributed by atoms with Crippen LogP contribution in [0, 0.1) is 11.6 Å². The van der Waals surface area contributed by atoms with Crippen LogP contribution in [0.15, 0.2) is 47.3 Å². The highest BCUT2D eigenvalue weighted by Crippen LogP contribution is 2.37. The molecule has 3 aromatic rings. The Kier molecular flexibility index (Phi) is 4.83. The molecule has 1 aromatic heterocycles. The number of aryl methyl sites for hydroxylation is 1. The average molecular weight is 451 g/mol. The summed E-state index contributed by atoms with van der Waals surface area (Å²) in [7, 11) is 0. The largest absolute Gasteiger partial charge is 0.490 e. The fourth-order valence-corrected chi connectivity index (χ4v) is 4.41. The van der Waals surface area contributed by atoms with E-state index in [1.165, 1.54) is 33.5 Å². The summed E-state index contributed by atoms with van der Waals surface area (Å²) in [6.07, 6.45) is -2.92. The van der Waals surface area contributed by atoms with Crippen molar-refractivity contribution in [2.45, 2.75) is 50.0 Å². The third-order valence-corrected chi connectivity index (χ3v) is 6.01. The van der Waals surface area contributed by atoms with Crippen LogP contribution in [0.1, 0.15) is 48.3 Å². The van der Waals surface area contributed by atoms with Gasteiger partial charge in [0.1, 0.15) is 29.3 Å². The van der Waals surface area contributed by atoms with Gasteiger partial charge in [0.2, 0.25) is 0 Å². The molecule has 32 heavy (non-hydrogen) atoms. The van der Waals surface area contributed by atoms with Gasteiger partial charge in [-0.1, -0.05) is 6.07 Å². The number of hydrogen-bond donors (Lipinski definition) is 0. The number of fused-ring (bicyclic) bond motifs is 1. The first-order valence-corrected chi connectivity index (χ1v) is 10.2. The molecule has 10 heteroatoms. The molecule has 5 rings (SSSR count). The van der Waals surface area contributed by atoms with Crippen molar-refractivity contribution < 1.29 is 26.7 Å². The lowest BCUT2D eigenvalue weighted by Gasteiger charge is -2.34. The fourth-order valence-electron chi connectivity index (χ4n) is 4.41. The summed E-state index contributed by atoms with van der Waals surface area (Å²) in [4.78, 5) is 13.0. The van der Waals surface area contributed by atoms with Crippen LogP contribution in [0.3, 0.4) is 0 Å². The van der Waals surface area contributed by atoms with E-state index in [4.69, 9.17) is 4.74 Å². The zero-order chi connectivity index (χ0) is 22.6. The van der Waals surface area contributed by atoms with E-state index in [0.717, 1.165) is 18.2 Å². The van der Waals surface area contributed by atoms with Gasteiger partial charge in [-0.2, -0.15) is 18.3 Å². The van der Waals surface area contributed by atoms with Gasteiger partial charge in [0.25, 0.3) is 0 Å². The van der Waals surface area contributed by atoms with Crippen LogP contribution >= 0.6 is 0 Å². The summed E-state index contributed by atoms with van der Waals surface area (Å²) in [6.45, 7) is 0. The molecule has 2 heterocycles. The molecule has 2 aromatic carbocycles. The van der Waals surface area contributed by atoms with E-state index in [9.17, 15) is 26.7 Å². The van der Waals surface area contributed by atoms with E-state index in [2.05, 4.69) is 5.10 Å². The minimum absolute atomic E-state index is 0.121. The average Bonchev–Trinajstić information content (AvgIpc) is 3.24. The summed E-state index contributed by atoms with van der Waals surface area (Å²) in [5.74, 6) is -0.743.